The van der Waals surface area contributed by atoms with Crippen molar-refractivity contribution in [3.8, 4) is 0 Å². The zero-order valence-corrected chi connectivity index (χ0v) is 11.3. The molecule has 7 heteroatoms. The summed E-state index contributed by atoms with van der Waals surface area (Å²) in [6.07, 6.45) is -3.27. The van der Waals surface area contributed by atoms with Gasteiger partial charge in [-0.2, -0.15) is 0 Å². The second kappa shape index (κ2) is 8.50. The number of fused-ring (bicyclic) bond motifs is 1. The summed E-state index contributed by atoms with van der Waals surface area (Å²) >= 11 is 0. The summed E-state index contributed by atoms with van der Waals surface area (Å²) in [5, 5.41) is 44.3. The van der Waals surface area contributed by atoms with E-state index in [4.69, 9.17) is 25.5 Å². The minimum atomic E-state index is -1.86. The molecule has 1 aromatic heterocycles. The third-order valence-corrected chi connectivity index (χ3v) is 2.85. The summed E-state index contributed by atoms with van der Waals surface area (Å²) in [5.41, 5.74) is 1.21. The number of nitrogens with one attached hydrogen (secondary N) is 1. The van der Waals surface area contributed by atoms with Crippen LogP contribution < -0.4 is 0 Å². The summed E-state index contributed by atoms with van der Waals surface area (Å²) in [7, 11) is 0. The molecule has 1 heterocycles. The Kier molecular flexibility index (Phi) is 7.00. The first-order valence-electron chi connectivity index (χ1n) is 6.32. The maximum atomic E-state index is 10.5. The van der Waals surface area contributed by atoms with Gasteiger partial charge in [0.05, 0.1) is 6.61 Å². The number of carbonyl (C=O) groups is 1. The van der Waals surface area contributed by atoms with Gasteiger partial charge in [-0.05, 0) is 17.5 Å². The van der Waals surface area contributed by atoms with Crippen LogP contribution in [0.2, 0.25) is 0 Å². The van der Waals surface area contributed by atoms with Crippen LogP contribution in [0.25, 0.3) is 10.9 Å². The average molecular weight is 297 g/mol. The minimum Gasteiger partial charge on any atom is -0.394 e. The lowest BCUT2D eigenvalue weighted by atomic mass is 10.1. The molecule has 0 bridgehead atoms. The minimum absolute atomic E-state index is 0.767. The average Bonchev–Trinajstić information content (AvgIpc) is 3.01. The van der Waals surface area contributed by atoms with Gasteiger partial charge in [0.1, 0.15) is 24.9 Å². The van der Waals surface area contributed by atoms with Crippen LogP contribution in [0, 0.1) is 0 Å². The summed E-state index contributed by atoms with van der Waals surface area (Å²) in [6, 6.07) is 10.3. The number of aromatic nitrogens is 1. The zero-order chi connectivity index (χ0) is 15.8. The topological polar surface area (TPSA) is 134 Å². The smallest absolute Gasteiger partial charge is 0.189 e. The van der Waals surface area contributed by atoms with Gasteiger partial charge in [0.25, 0.3) is 0 Å². The van der Waals surface area contributed by atoms with Crippen molar-refractivity contribution in [2.24, 2.45) is 0 Å². The van der Waals surface area contributed by atoms with Crippen molar-refractivity contribution < 1.29 is 30.3 Å². The van der Waals surface area contributed by atoms with E-state index in [1.807, 2.05) is 18.3 Å². The monoisotopic (exact) mass is 297 g/mol. The number of hydrogen-bond donors (Lipinski definition) is 6. The van der Waals surface area contributed by atoms with E-state index in [0.29, 0.717) is 0 Å². The van der Waals surface area contributed by atoms with Gasteiger partial charge in [-0.25, -0.2) is 0 Å². The van der Waals surface area contributed by atoms with Crippen LogP contribution >= 0.6 is 0 Å². The fourth-order valence-electron chi connectivity index (χ4n) is 1.60. The van der Waals surface area contributed by atoms with E-state index < -0.39 is 37.3 Å². The molecule has 0 spiro atoms. The van der Waals surface area contributed by atoms with E-state index in [9.17, 15) is 4.79 Å². The summed E-state index contributed by atoms with van der Waals surface area (Å²) in [4.78, 5) is 13.6. The zero-order valence-electron chi connectivity index (χ0n) is 11.3. The predicted octanol–water partition coefficient (Wildman–Crippen LogP) is -1.21. The van der Waals surface area contributed by atoms with Gasteiger partial charge < -0.3 is 30.5 Å². The van der Waals surface area contributed by atoms with Crippen molar-refractivity contribution in [2.45, 2.75) is 18.3 Å². The molecule has 0 saturated carbocycles. The number of H-pyrrole nitrogens is 1. The maximum absolute atomic E-state index is 10.5. The number of ketones is 1. The molecular weight excluding hydrogens is 278 g/mol. The fraction of sp³-hybridized carbons (Fsp3) is 0.357. The molecule has 2 aromatic rings. The molecule has 0 aliphatic carbocycles. The lowest BCUT2D eigenvalue weighted by Crippen LogP contribution is -2.44. The Morgan fingerprint density at radius 1 is 1.10 bits per heavy atom. The molecule has 3 unspecified atom stereocenters. The highest BCUT2D eigenvalue weighted by molar-refractivity contribution is 5.84. The van der Waals surface area contributed by atoms with Gasteiger partial charge in [0.2, 0.25) is 0 Å². The molecular formula is C14H19NO6. The number of hydrogen-bond acceptors (Lipinski definition) is 6. The van der Waals surface area contributed by atoms with Gasteiger partial charge in [-0.1, -0.05) is 18.2 Å². The van der Waals surface area contributed by atoms with Gasteiger partial charge >= 0.3 is 0 Å². The molecule has 7 nitrogen and oxygen atoms in total. The third-order valence-electron chi connectivity index (χ3n) is 2.85. The maximum Gasteiger partial charge on any atom is 0.189 e. The molecule has 21 heavy (non-hydrogen) atoms. The highest BCUT2D eigenvalue weighted by Gasteiger charge is 2.28. The molecule has 1 aromatic carbocycles. The van der Waals surface area contributed by atoms with Crippen LogP contribution in [0.3, 0.4) is 0 Å². The fourth-order valence-corrected chi connectivity index (χ4v) is 1.60. The van der Waals surface area contributed by atoms with Crippen LogP contribution in [-0.2, 0) is 4.79 Å². The van der Waals surface area contributed by atoms with Crippen LogP contribution in [-0.4, -0.2) is 67.8 Å². The number of Topliss-reactive ketones (excluding diaryl/α,β-unsaturated/α-hetero) is 1. The second-order valence-corrected chi connectivity index (χ2v) is 4.37. The van der Waals surface area contributed by atoms with Crippen molar-refractivity contribution in [1.82, 2.24) is 4.98 Å². The van der Waals surface area contributed by atoms with E-state index in [1.165, 1.54) is 10.9 Å². The Hall–Kier alpha value is -1.77. The summed E-state index contributed by atoms with van der Waals surface area (Å²) in [5.74, 6) is -1.00. The summed E-state index contributed by atoms with van der Waals surface area (Å²) < 4.78 is 0. The van der Waals surface area contributed by atoms with E-state index in [-0.39, 0.29) is 0 Å². The first-order chi connectivity index (χ1) is 10.0. The molecule has 0 aliphatic rings. The molecule has 3 atom stereocenters. The first kappa shape index (κ1) is 17.3. The Morgan fingerprint density at radius 3 is 2.33 bits per heavy atom. The van der Waals surface area contributed by atoms with E-state index >= 15 is 0 Å². The lowest BCUT2D eigenvalue weighted by Gasteiger charge is -2.19. The molecule has 116 valence electrons. The Morgan fingerprint density at radius 2 is 1.76 bits per heavy atom. The molecule has 0 fully saturated rings. The number of aromatic amines is 1. The standard InChI is InChI=1S/C8H7N.C6H12O6/c1-2-4-8-7(3-1)5-6-9-8;7-1-3(9)5(11)6(12)4(10)2-8/h1-6,9H;3,5-9,11-12H,1-2H2. The van der Waals surface area contributed by atoms with Crippen molar-refractivity contribution in [3.63, 3.8) is 0 Å². The Bertz CT molecular complexity index is 525. The van der Waals surface area contributed by atoms with Crippen LogP contribution in [0.1, 0.15) is 0 Å². The molecule has 6 N–H and O–H groups in total. The second-order valence-electron chi connectivity index (χ2n) is 4.37. The van der Waals surface area contributed by atoms with E-state index in [2.05, 4.69) is 23.2 Å². The highest BCUT2D eigenvalue weighted by atomic mass is 16.4. The van der Waals surface area contributed by atoms with Gasteiger partial charge in [-0.3, -0.25) is 4.79 Å². The van der Waals surface area contributed by atoms with Crippen LogP contribution in [0.15, 0.2) is 36.5 Å². The SMILES string of the molecule is O=C(CO)C(O)C(O)C(O)CO.c1ccc2[nH]ccc2c1. The van der Waals surface area contributed by atoms with Gasteiger partial charge in [0, 0.05) is 11.7 Å². The number of aliphatic hydroxyl groups is 5. The van der Waals surface area contributed by atoms with Crippen molar-refractivity contribution in [3.05, 3.63) is 36.5 Å². The molecule has 0 amide bonds. The highest BCUT2D eigenvalue weighted by Crippen LogP contribution is 2.09. The van der Waals surface area contributed by atoms with Crippen molar-refractivity contribution >= 4 is 16.7 Å². The largest absolute Gasteiger partial charge is 0.394 e. The van der Waals surface area contributed by atoms with Crippen LogP contribution in [0.5, 0.6) is 0 Å². The molecule has 0 aliphatic heterocycles. The number of para-hydroxylation sites is 1. The molecule has 0 radical (unpaired) electrons. The number of benzene rings is 1. The quantitative estimate of drug-likeness (QED) is 0.410. The molecule has 0 saturated heterocycles. The predicted molar refractivity (Wildman–Crippen MR) is 75.5 cm³/mol. The van der Waals surface area contributed by atoms with Crippen molar-refractivity contribution in [1.29, 1.82) is 0 Å². The van der Waals surface area contributed by atoms with Gasteiger partial charge in [0.15, 0.2) is 5.78 Å². The first-order valence-corrected chi connectivity index (χ1v) is 6.32. The van der Waals surface area contributed by atoms with E-state index in [0.717, 1.165) is 0 Å². The van der Waals surface area contributed by atoms with Crippen molar-refractivity contribution in [2.75, 3.05) is 13.2 Å². The Balaban J connectivity index is 0.000000216. The lowest BCUT2D eigenvalue weighted by molar-refractivity contribution is -0.142. The van der Waals surface area contributed by atoms with Gasteiger partial charge in [-0.15, -0.1) is 0 Å². The third kappa shape index (κ3) is 4.92. The Labute approximate surface area is 121 Å². The summed E-state index contributed by atoms with van der Waals surface area (Å²) in [6.45, 7) is -1.69. The van der Waals surface area contributed by atoms with E-state index in [1.54, 1.807) is 0 Å². The number of aliphatic hydroxyl groups excluding tert-OH is 5. The normalized spacial score (nSPS) is 14.9. The number of rotatable bonds is 5. The van der Waals surface area contributed by atoms with Crippen LogP contribution in [0.4, 0.5) is 0 Å². The number of carbonyl (C=O) groups excluding carboxylic acids is 1. The molecule has 2 rings (SSSR count).